The molecule has 15 heavy (non-hydrogen) atoms. The zero-order chi connectivity index (χ0) is 11.9. The molecule has 0 heterocycles. The van der Waals surface area contributed by atoms with Crippen molar-refractivity contribution in [2.75, 3.05) is 20.3 Å². The molecular formula is C10H21NO4. The lowest BCUT2D eigenvalue weighted by molar-refractivity contribution is -0.155. The van der Waals surface area contributed by atoms with Gasteiger partial charge in [0, 0.05) is 13.5 Å². The van der Waals surface area contributed by atoms with E-state index in [4.69, 9.17) is 15.2 Å². The standard InChI is InChI=1S/C10H21NO4/c1-10(2,14-3)5-7-15-9(13)8(12)4-6-11/h8,12H,4-7,11H2,1-3H3/t8-/m0/s1. The maximum absolute atomic E-state index is 11.1. The summed E-state index contributed by atoms with van der Waals surface area (Å²) in [6.45, 7) is 4.30. The third-order valence-corrected chi connectivity index (χ3v) is 2.21. The van der Waals surface area contributed by atoms with Crippen LogP contribution in [0.25, 0.3) is 0 Å². The van der Waals surface area contributed by atoms with Crippen molar-refractivity contribution in [2.45, 2.75) is 38.4 Å². The van der Waals surface area contributed by atoms with Gasteiger partial charge in [-0.25, -0.2) is 4.79 Å². The summed E-state index contributed by atoms with van der Waals surface area (Å²) < 4.78 is 10.0. The van der Waals surface area contributed by atoms with Gasteiger partial charge in [0.1, 0.15) is 0 Å². The number of aliphatic hydroxyl groups excluding tert-OH is 1. The van der Waals surface area contributed by atoms with Gasteiger partial charge in [-0.05, 0) is 26.8 Å². The number of ether oxygens (including phenoxy) is 2. The molecule has 0 unspecified atom stereocenters. The van der Waals surface area contributed by atoms with Crippen LogP contribution in [0.15, 0.2) is 0 Å². The molecule has 0 aromatic carbocycles. The van der Waals surface area contributed by atoms with Gasteiger partial charge in [-0.2, -0.15) is 0 Å². The quantitative estimate of drug-likeness (QED) is 0.591. The topological polar surface area (TPSA) is 81.8 Å². The predicted octanol–water partition coefficient (Wildman–Crippen LogP) is 0.0544. The SMILES string of the molecule is COC(C)(C)CCOC(=O)[C@@H](O)CCN. The summed E-state index contributed by atoms with van der Waals surface area (Å²) in [5, 5.41) is 9.22. The minimum absolute atomic E-state index is 0.229. The molecule has 0 bridgehead atoms. The van der Waals surface area contributed by atoms with E-state index in [9.17, 15) is 9.90 Å². The molecular weight excluding hydrogens is 198 g/mol. The Morgan fingerprint density at radius 2 is 2.13 bits per heavy atom. The van der Waals surface area contributed by atoms with Crippen molar-refractivity contribution < 1.29 is 19.4 Å². The fraction of sp³-hybridized carbons (Fsp3) is 0.900. The second-order valence-electron chi connectivity index (χ2n) is 3.97. The van der Waals surface area contributed by atoms with Crippen LogP contribution in [0.1, 0.15) is 26.7 Å². The number of rotatable bonds is 7. The van der Waals surface area contributed by atoms with Crippen molar-refractivity contribution in [3.8, 4) is 0 Å². The molecule has 0 spiro atoms. The number of hydrogen-bond acceptors (Lipinski definition) is 5. The van der Waals surface area contributed by atoms with Crippen LogP contribution >= 0.6 is 0 Å². The lowest BCUT2D eigenvalue weighted by Gasteiger charge is -2.22. The monoisotopic (exact) mass is 219 g/mol. The number of aliphatic hydroxyl groups is 1. The van der Waals surface area contributed by atoms with Crippen LogP contribution in [0.2, 0.25) is 0 Å². The average molecular weight is 219 g/mol. The number of carbonyl (C=O) groups excluding carboxylic acids is 1. The first-order valence-electron chi connectivity index (χ1n) is 5.03. The Labute approximate surface area is 90.5 Å². The summed E-state index contributed by atoms with van der Waals surface area (Å²) in [4.78, 5) is 11.1. The molecule has 3 N–H and O–H groups in total. The van der Waals surface area contributed by atoms with Crippen LogP contribution < -0.4 is 5.73 Å². The Morgan fingerprint density at radius 1 is 1.53 bits per heavy atom. The Bertz CT molecular complexity index is 194. The van der Waals surface area contributed by atoms with E-state index in [0.717, 1.165) is 0 Å². The highest BCUT2D eigenvalue weighted by molar-refractivity contribution is 5.74. The van der Waals surface area contributed by atoms with E-state index >= 15 is 0 Å². The summed E-state index contributed by atoms with van der Waals surface area (Å²) in [5.74, 6) is -0.618. The Balaban J connectivity index is 3.72. The van der Waals surface area contributed by atoms with Crippen LogP contribution in [0.4, 0.5) is 0 Å². The molecule has 5 heteroatoms. The predicted molar refractivity (Wildman–Crippen MR) is 56.3 cm³/mol. The van der Waals surface area contributed by atoms with Crippen LogP contribution in [0, 0.1) is 0 Å². The van der Waals surface area contributed by atoms with Gasteiger partial charge in [0.05, 0.1) is 12.2 Å². The molecule has 1 atom stereocenters. The molecule has 90 valence electrons. The van der Waals surface area contributed by atoms with Crippen molar-refractivity contribution >= 4 is 5.97 Å². The zero-order valence-corrected chi connectivity index (χ0v) is 9.66. The minimum Gasteiger partial charge on any atom is -0.464 e. The highest BCUT2D eigenvalue weighted by Crippen LogP contribution is 2.12. The summed E-state index contributed by atoms with van der Waals surface area (Å²) >= 11 is 0. The van der Waals surface area contributed by atoms with E-state index in [1.165, 1.54) is 0 Å². The van der Waals surface area contributed by atoms with Gasteiger partial charge in [-0.3, -0.25) is 0 Å². The Kier molecular flexibility index (Phi) is 6.47. The maximum atomic E-state index is 11.1. The smallest absolute Gasteiger partial charge is 0.335 e. The Hall–Kier alpha value is -0.650. The fourth-order valence-electron chi connectivity index (χ4n) is 0.871. The van der Waals surface area contributed by atoms with Crippen LogP contribution in [0.5, 0.6) is 0 Å². The molecule has 0 fully saturated rings. The van der Waals surface area contributed by atoms with Crippen LogP contribution in [-0.2, 0) is 14.3 Å². The molecule has 0 saturated heterocycles. The van der Waals surface area contributed by atoms with E-state index in [2.05, 4.69) is 0 Å². The van der Waals surface area contributed by atoms with E-state index in [1.54, 1.807) is 7.11 Å². The van der Waals surface area contributed by atoms with Crippen molar-refractivity contribution in [1.82, 2.24) is 0 Å². The molecule has 0 amide bonds. The average Bonchev–Trinajstić information content (AvgIpc) is 2.18. The van der Waals surface area contributed by atoms with Crippen molar-refractivity contribution in [3.05, 3.63) is 0 Å². The second kappa shape index (κ2) is 6.76. The van der Waals surface area contributed by atoms with Gasteiger partial charge >= 0.3 is 5.97 Å². The molecule has 0 radical (unpaired) electrons. The van der Waals surface area contributed by atoms with Crippen molar-refractivity contribution in [1.29, 1.82) is 0 Å². The molecule has 0 saturated carbocycles. The summed E-state index contributed by atoms with van der Waals surface area (Å²) in [5.41, 5.74) is 4.88. The van der Waals surface area contributed by atoms with Gasteiger partial charge in [0.15, 0.2) is 6.10 Å². The zero-order valence-electron chi connectivity index (χ0n) is 9.66. The lowest BCUT2D eigenvalue weighted by atomic mass is 10.1. The third kappa shape index (κ3) is 6.43. The van der Waals surface area contributed by atoms with E-state index < -0.39 is 12.1 Å². The first kappa shape index (κ1) is 14.3. The van der Waals surface area contributed by atoms with E-state index in [-0.39, 0.29) is 25.2 Å². The van der Waals surface area contributed by atoms with Crippen LogP contribution in [0.3, 0.4) is 0 Å². The van der Waals surface area contributed by atoms with Crippen molar-refractivity contribution in [3.63, 3.8) is 0 Å². The first-order valence-corrected chi connectivity index (χ1v) is 5.03. The molecule has 0 rings (SSSR count). The second-order valence-corrected chi connectivity index (χ2v) is 3.97. The van der Waals surface area contributed by atoms with Gasteiger partial charge in [0.2, 0.25) is 0 Å². The number of esters is 1. The third-order valence-electron chi connectivity index (χ3n) is 2.21. The Morgan fingerprint density at radius 3 is 2.60 bits per heavy atom. The summed E-state index contributed by atoms with van der Waals surface area (Å²) in [6, 6.07) is 0. The number of nitrogens with two attached hydrogens (primary N) is 1. The fourth-order valence-corrected chi connectivity index (χ4v) is 0.871. The molecule has 5 nitrogen and oxygen atoms in total. The van der Waals surface area contributed by atoms with Gasteiger partial charge < -0.3 is 20.3 Å². The van der Waals surface area contributed by atoms with E-state index in [0.29, 0.717) is 6.42 Å². The van der Waals surface area contributed by atoms with Gasteiger partial charge in [0.25, 0.3) is 0 Å². The van der Waals surface area contributed by atoms with E-state index in [1.807, 2.05) is 13.8 Å². The molecule has 0 aliphatic rings. The largest absolute Gasteiger partial charge is 0.464 e. The number of hydrogen-bond donors (Lipinski definition) is 2. The molecule has 0 aromatic rings. The van der Waals surface area contributed by atoms with Gasteiger partial charge in [-0.1, -0.05) is 0 Å². The highest BCUT2D eigenvalue weighted by Gasteiger charge is 2.19. The normalized spacial score (nSPS) is 13.7. The highest BCUT2D eigenvalue weighted by atomic mass is 16.5. The number of methoxy groups -OCH3 is 1. The summed E-state index contributed by atoms with van der Waals surface area (Å²) in [6.07, 6.45) is -0.294. The number of carbonyl (C=O) groups is 1. The van der Waals surface area contributed by atoms with Crippen LogP contribution in [-0.4, -0.2) is 43.0 Å². The van der Waals surface area contributed by atoms with Crippen molar-refractivity contribution in [2.24, 2.45) is 5.73 Å². The first-order chi connectivity index (χ1) is 6.93. The minimum atomic E-state index is -1.11. The molecule has 0 aromatic heterocycles. The molecule has 0 aliphatic heterocycles. The molecule has 0 aliphatic carbocycles. The van der Waals surface area contributed by atoms with Gasteiger partial charge in [-0.15, -0.1) is 0 Å². The summed E-state index contributed by atoms with van der Waals surface area (Å²) in [7, 11) is 1.60. The lowest BCUT2D eigenvalue weighted by Crippen LogP contribution is -2.29. The maximum Gasteiger partial charge on any atom is 0.335 e.